The third kappa shape index (κ3) is 5.50. The standard InChI is InChI=1S/C17H19FN2O5S/c1-11-16(17(23)20(7-8-24-2)9-15(21)22)26-14(19-11)10-25-13-5-3-12(18)4-6-13/h3-6H,7-10H2,1-2H3,(H,21,22). The number of carbonyl (C=O) groups is 2. The summed E-state index contributed by atoms with van der Waals surface area (Å²) in [5.74, 6) is -1.38. The summed E-state index contributed by atoms with van der Waals surface area (Å²) in [5, 5.41) is 9.56. The van der Waals surface area contributed by atoms with Gasteiger partial charge in [0.15, 0.2) is 0 Å². The van der Waals surface area contributed by atoms with Gasteiger partial charge in [-0.2, -0.15) is 0 Å². The van der Waals surface area contributed by atoms with E-state index in [1.54, 1.807) is 6.92 Å². The van der Waals surface area contributed by atoms with Gasteiger partial charge in [-0.3, -0.25) is 9.59 Å². The monoisotopic (exact) mass is 382 g/mol. The first-order valence-corrected chi connectivity index (χ1v) is 8.57. The lowest BCUT2D eigenvalue weighted by Gasteiger charge is -2.19. The van der Waals surface area contributed by atoms with Crippen molar-refractivity contribution in [2.45, 2.75) is 13.5 Å². The molecule has 1 aromatic carbocycles. The summed E-state index contributed by atoms with van der Waals surface area (Å²) in [4.78, 5) is 29.5. The molecule has 0 aliphatic rings. The molecule has 0 fully saturated rings. The molecule has 0 aliphatic carbocycles. The molecule has 0 unspecified atom stereocenters. The molecule has 7 nitrogen and oxygen atoms in total. The predicted molar refractivity (Wildman–Crippen MR) is 93.0 cm³/mol. The van der Waals surface area contributed by atoms with Crippen LogP contribution in [0.2, 0.25) is 0 Å². The Balaban J connectivity index is 2.07. The van der Waals surface area contributed by atoms with Crippen LogP contribution in [0, 0.1) is 12.7 Å². The fourth-order valence-corrected chi connectivity index (χ4v) is 3.09. The average Bonchev–Trinajstić information content (AvgIpc) is 2.98. The van der Waals surface area contributed by atoms with Crippen LogP contribution in [0.1, 0.15) is 20.4 Å². The molecule has 9 heteroatoms. The van der Waals surface area contributed by atoms with Gasteiger partial charge >= 0.3 is 5.97 Å². The van der Waals surface area contributed by atoms with E-state index < -0.39 is 18.4 Å². The van der Waals surface area contributed by atoms with E-state index in [-0.39, 0.29) is 25.6 Å². The van der Waals surface area contributed by atoms with Gasteiger partial charge in [-0.15, -0.1) is 11.3 Å². The van der Waals surface area contributed by atoms with Gasteiger partial charge in [-0.1, -0.05) is 0 Å². The van der Waals surface area contributed by atoms with Crippen LogP contribution >= 0.6 is 11.3 Å². The lowest BCUT2D eigenvalue weighted by Crippen LogP contribution is -2.37. The molecule has 26 heavy (non-hydrogen) atoms. The maximum atomic E-state index is 12.9. The fourth-order valence-electron chi connectivity index (χ4n) is 2.15. The number of carbonyl (C=O) groups excluding carboxylic acids is 1. The van der Waals surface area contributed by atoms with E-state index in [4.69, 9.17) is 14.6 Å². The van der Waals surface area contributed by atoms with Gasteiger partial charge in [0.1, 0.15) is 34.6 Å². The van der Waals surface area contributed by atoms with Crippen molar-refractivity contribution in [3.8, 4) is 5.75 Å². The third-order valence-electron chi connectivity index (χ3n) is 3.39. The van der Waals surface area contributed by atoms with Crippen LogP contribution in [0.15, 0.2) is 24.3 Å². The molecule has 0 radical (unpaired) electrons. The van der Waals surface area contributed by atoms with Crippen LogP contribution < -0.4 is 4.74 Å². The number of nitrogens with zero attached hydrogens (tertiary/aromatic N) is 2. The molecule has 0 saturated carbocycles. The van der Waals surface area contributed by atoms with Crippen molar-refractivity contribution in [2.75, 3.05) is 26.8 Å². The Morgan fingerprint density at radius 1 is 1.31 bits per heavy atom. The largest absolute Gasteiger partial charge is 0.486 e. The number of aryl methyl sites for hydroxylation is 1. The Bertz CT molecular complexity index is 763. The predicted octanol–water partition coefficient (Wildman–Crippen LogP) is 2.34. The lowest BCUT2D eigenvalue weighted by molar-refractivity contribution is -0.137. The molecule has 1 aromatic heterocycles. The Hall–Kier alpha value is -2.52. The van der Waals surface area contributed by atoms with E-state index in [9.17, 15) is 14.0 Å². The molecule has 0 spiro atoms. The second kappa shape index (κ2) is 9.25. The molecule has 0 bridgehead atoms. The number of carboxylic acid groups (broad SMARTS) is 1. The minimum atomic E-state index is -1.10. The van der Waals surface area contributed by atoms with Crippen LogP contribution in [0.4, 0.5) is 4.39 Å². The Morgan fingerprint density at radius 2 is 2.00 bits per heavy atom. The van der Waals surface area contributed by atoms with Crippen molar-refractivity contribution >= 4 is 23.2 Å². The summed E-state index contributed by atoms with van der Waals surface area (Å²) in [7, 11) is 1.48. The highest BCUT2D eigenvalue weighted by atomic mass is 32.1. The number of aromatic nitrogens is 1. The van der Waals surface area contributed by atoms with Gasteiger partial charge in [0, 0.05) is 13.7 Å². The summed E-state index contributed by atoms with van der Waals surface area (Å²) in [5.41, 5.74) is 0.505. The molecule has 0 atom stereocenters. The number of carboxylic acids is 1. The van der Waals surface area contributed by atoms with Gasteiger partial charge in [0.2, 0.25) is 0 Å². The van der Waals surface area contributed by atoms with E-state index in [2.05, 4.69) is 4.98 Å². The number of benzene rings is 1. The zero-order valence-electron chi connectivity index (χ0n) is 14.4. The van der Waals surface area contributed by atoms with Crippen LogP contribution in [-0.2, 0) is 16.1 Å². The molecule has 0 aliphatic heterocycles. The summed E-state index contributed by atoms with van der Waals surface area (Å²) in [6.45, 7) is 1.79. The van der Waals surface area contributed by atoms with E-state index in [0.29, 0.717) is 21.3 Å². The highest BCUT2D eigenvalue weighted by molar-refractivity contribution is 7.13. The minimum Gasteiger partial charge on any atom is -0.486 e. The van der Waals surface area contributed by atoms with E-state index in [0.717, 1.165) is 11.3 Å². The Kier molecular flexibility index (Phi) is 7.05. The van der Waals surface area contributed by atoms with Gasteiger partial charge in [-0.05, 0) is 31.2 Å². The first-order chi connectivity index (χ1) is 12.4. The SMILES string of the molecule is COCCN(CC(=O)O)C(=O)c1sc(COc2ccc(F)cc2)nc1C. The number of rotatable bonds is 9. The molecule has 1 amide bonds. The quantitative estimate of drug-likeness (QED) is 0.716. The van der Waals surface area contributed by atoms with Crippen LogP contribution in [-0.4, -0.2) is 53.7 Å². The molecular weight excluding hydrogens is 363 g/mol. The van der Waals surface area contributed by atoms with Crippen molar-refractivity contribution in [3.63, 3.8) is 0 Å². The van der Waals surface area contributed by atoms with Gasteiger partial charge in [0.25, 0.3) is 5.91 Å². The topological polar surface area (TPSA) is 89.0 Å². The first kappa shape index (κ1) is 19.8. The van der Waals surface area contributed by atoms with Crippen molar-refractivity contribution in [2.24, 2.45) is 0 Å². The van der Waals surface area contributed by atoms with Crippen molar-refractivity contribution in [3.05, 3.63) is 45.7 Å². The second-order valence-electron chi connectivity index (χ2n) is 5.38. The zero-order valence-corrected chi connectivity index (χ0v) is 15.2. The van der Waals surface area contributed by atoms with Crippen molar-refractivity contribution in [1.82, 2.24) is 9.88 Å². The molecule has 2 aromatic rings. The Morgan fingerprint density at radius 3 is 2.62 bits per heavy atom. The highest BCUT2D eigenvalue weighted by Crippen LogP contribution is 2.22. The third-order valence-corrected chi connectivity index (χ3v) is 4.51. The van der Waals surface area contributed by atoms with E-state index in [1.165, 1.54) is 36.3 Å². The normalized spacial score (nSPS) is 10.6. The zero-order chi connectivity index (χ0) is 19.1. The fraction of sp³-hybridized carbons (Fsp3) is 0.353. The van der Waals surface area contributed by atoms with Crippen LogP contribution in [0.25, 0.3) is 0 Å². The molecule has 1 heterocycles. The molecule has 140 valence electrons. The Labute approximate surface area is 154 Å². The number of aliphatic carboxylic acids is 1. The van der Waals surface area contributed by atoms with Gasteiger partial charge in [-0.25, -0.2) is 9.37 Å². The number of methoxy groups -OCH3 is 1. The van der Waals surface area contributed by atoms with Crippen LogP contribution in [0.3, 0.4) is 0 Å². The summed E-state index contributed by atoms with van der Waals surface area (Å²) >= 11 is 1.14. The number of halogens is 1. The molecular formula is C17H19FN2O5S. The van der Waals surface area contributed by atoms with Crippen molar-refractivity contribution < 1.29 is 28.6 Å². The summed E-state index contributed by atoms with van der Waals surface area (Å²) < 4.78 is 23.3. The lowest BCUT2D eigenvalue weighted by atomic mass is 10.3. The van der Waals surface area contributed by atoms with Gasteiger partial charge in [0.05, 0.1) is 12.3 Å². The van der Waals surface area contributed by atoms with Gasteiger partial charge < -0.3 is 19.5 Å². The number of amides is 1. The number of hydrogen-bond donors (Lipinski definition) is 1. The van der Waals surface area contributed by atoms with Crippen molar-refractivity contribution in [1.29, 1.82) is 0 Å². The molecule has 2 rings (SSSR count). The number of ether oxygens (including phenoxy) is 2. The summed E-state index contributed by atoms with van der Waals surface area (Å²) in [6.07, 6.45) is 0. The van der Waals surface area contributed by atoms with E-state index >= 15 is 0 Å². The average molecular weight is 382 g/mol. The second-order valence-corrected chi connectivity index (χ2v) is 6.46. The first-order valence-electron chi connectivity index (χ1n) is 7.75. The summed E-state index contributed by atoms with van der Waals surface area (Å²) in [6, 6.07) is 5.58. The maximum absolute atomic E-state index is 12.9. The highest BCUT2D eigenvalue weighted by Gasteiger charge is 2.23. The maximum Gasteiger partial charge on any atom is 0.323 e. The number of hydrogen-bond acceptors (Lipinski definition) is 6. The minimum absolute atomic E-state index is 0.126. The molecule has 1 N–H and O–H groups in total. The smallest absolute Gasteiger partial charge is 0.323 e. The van der Waals surface area contributed by atoms with Crippen LogP contribution in [0.5, 0.6) is 5.75 Å². The molecule has 0 saturated heterocycles. The number of thiazole rings is 1. The van der Waals surface area contributed by atoms with E-state index in [1.807, 2.05) is 0 Å².